The number of hydrogen-bond donors (Lipinski definition) is 1. The predicted molar refractivity (Wildman–Crippen MR) is 81.8 cm³/mol. The highest BCUT2D eigenvalue weighted by Crippen LogP contribution is 2.20. The first-order chi connectivity index (χ1) is 10.0. The molecule has 0 bridgehead atoms. The molecule has 0 amide bonds. The summed E-state index contributed by atoms with van der Waals surface area (Å²) in [5.74, 6) is 0.587. The van der Waals surface area contributed by atoms with Gasteiger partial charge in [-0.3, -0.25) is 0 Å². The van der Waals surface area contributed by atoms with E-state index >= 15 is 0 Å². The van der Waals surface area contributed by atoms with E-state index in [1.807, 2.05) is 6.92 Å². The van der Waals surface area contributed by atoms with Crippen LogP contribution in [0, 0.1) is 0 Å². The molecule has 1 atom stereocenters. The maximum atomic E-state index is 12.6. The monoisotopic (exact) mass is 313 g/mol. The molecule has 118 valence electrons. The fourth-order valence-electron chi connectivity index (χ4n) is 2.27. The van der Waals surface area contributed by atoms with Crippen LogP contribution in [-0.4, -0.2) is 50.6 Å². The Morgan fingerprint density at radius 2 is 2.33 bits per heavy atom. The predicted octanol–water partition coefficient (Wildman–Crippen LogP) is 1.70. The van der Waals surface area contributed by atoms with Crippen LogP contribution in [0.5, 0.6) is 0 Å². The molecule has 2 rings (SSSR count). The summed E-state index contributed by atoms with van der Waals surface area (Å²) in [7, 11) is -1.91. The molecule has 1 aliphatic rings. The molecule has 1 aliphatic heterocycles. The lowest BCUT2D eigenvalue weighted by molar-refractivity contribution is 0.0979. The fraction of sp³-hybridized carbons (Fsp3) is 0.643. The summed E-state index contributed by atoms with van der Waals surface area (Å²) in [6.45, 7) is 3.92. The molecule has 1 aromatic heterocycles. The van der Waals surface area contributed by atoms with E-state index in [0.717, 1.165) is 32.4 Å². The van der Waals surface area contributed by atoms with Gasteiger partial charge in [0.15, 0.2) is 0 Å². The first-order valence-electron chi connectivity index (χ1n) is 7.32. The van der Waals surface area contributed by atoms with Crippen LogP contribution in [0.25, 0.3) is 0 Å². The first kappa shape index (κ1) is 16.2. The molecular weight excluding hydrogens is 290 g/mol. The van der Waals surface area contributed by atoms with Crippen molar-refractivity contribution in [3.8, 4) is 0 Å². The number of nitrogens with zero attached hydrogens (tertiary/aromatic N) is 2. The van der Waals surface area contributed by atoms with Gasteiger partial charge in [-0.05, 0) is 25.3 Å². The zero-order chi connectivity index (χ0) is 15.3. The zero-order valence-corrected chi connectivity index (χ0v) is 13.4. The van der Waals surface area contributed by atoms with Crippen molar-refractivity contribution in [1.82, 2.24) is 9.29 Å². The molecule has 1 saturated heterocycles. The molecule has 6 nitrogen and oxygen atoms in total. The Balaban J connectivity index is 2.10. The van der Waals surface area contributed by atoms with Gasteiger partial charge in [0.25, 0.3) is 0 Å². The quantitative estimate of drug-likeness (QED) is 0.829. The van der Waals surface area contributed by atoms with Gasteiger partial charge in [0.1, 0.15) is 5.82 Å². The molecular formula is C14H23N3O3S. The molecule has 0 spiro atoms. The normalized spacial score (nSPS) is 19.1. The average Bonchev–Trinajstić information content (AvgIpc) is 2.98. The molecule has 7 heteroatoms. The maximum Gasteiger partial charge on any atom is 0.243 e. The molecule has 2 heterocycles. The number of rotatable bonds is 7. The maximum absolute atomic E-state index is 12.6. The molecule has 0 saturated carbocycles. The van der Waals surface area contributed by atoms with Gasteiger partial charge in [-0.1, -0.05) is 6.92 Å². The summed E-state index contributed by atoms with van der Waals surface area (Å²) in [6, 6.07) is 3.11. The molecule has 0 radical (unpaired) electrons. The van der Waals surface area contributed by atoms with Gasteiger partial charge in [0, 0.05) is 39.0 Å². The highest BCUT2D eigenvalue weighted by atomic mass is 32.2. The van der Waals surface area contributed by atoms with Crippen LogP contribution < -0.4 is 5.32 Å². The lowest BCUT2D eigenvalue weighted by Gasteiger charge is -2.20. The molecule has 0 aromatic carbocycles. The van der Waals surface area contributed by atoms with E-state index < -0.39 is 10.0 Å². The van der Waals surface area contributed by atoms with Gasteiger partial charge < -0.3 is 10.1 Å². The summed E-state index contributed by atoms with van der Waals surface area (Å²) >= 11 is 0. The topological polar surface area (TPSA) is 71.5 Å². The number of aromatic nitrogens is 1. The van der Waals surface area contributed by atoms with E-state index in [4.69, 9.17) is 4.74 Å². The van der Waals surface area contributed by atoms with Crippen molar-refractivity contribution in [1.29, 1.82) is 0 Å². The first-order valence-corrected chi connectivity index (χ1v) is 8.76. The Bertz CT molecular complexity index is 556. The van der Waals surface area contributed by atoms with Gasteiger partial charge in [-0.25, -0.2) is 13.4 Å². The van der Waals surface area contributed by atoms with Crippen molar-refractivity contribution in [2.45, 2.75) is 37.2 Å². The van der Waals surface area contributed by atoms with E-state index in [2.05, 4.69) is 10.3 Å². The average molecular weight is 313 g/mol. The van der Waals surface area contributed by atoms with Gasteiger partial charge in [-0.15, -0.1) is 0 Å². The molecule has 1 unspecified atom stereocenters. The fourth-order valence-corrected chi connectivity index (χ4v) is 3.49. The van der Waals surface area contributed by atoms with Crippen molar-refractivity contribution in [2.24, 2.45) is 0 Å². The second kappa shape index (κ2) is 7.20. The van der Waals surface area contributed by atoms with Crippen LogP contribution in [0.4, 0.5) is 5.82 Å². The van der Waals surface area contributed by atoms with E-state index in [1.54, 1.807) is 13.1 Å². The van der Waals surface area contributed by atoms with Crippen LogP contribution in [0.15, 0.2) is 23.2 Å². The van der Waals surface area contributed by atoms with E-state index in [1.165, 1.54) is 16.6 Å². The third-order valence-corrected chi connectivity index (χ3v) is 5.30. The highest BCUT2D eigenvalue weighted by molar-refractivity contribution is 7.89. The molecule has 0 aliphatic carbocycles. The number of nitrogens with one attached hydrogen (secondary N) is 1. The molecule has 1 fully saturated rings. The van der Waals surface area contributed by atoms with Crippen LogP contribution in [0.1, 0.15) is 26.2 Å². The van der Waals surface area contributed by atoms with Gasteiger partial charge >= 0.3 is 0 Å². The van der Waals surface area contributed by atoms with Crippen LogP contribution in [-0.2, 0) is 14.8 Å². The summed E-state index contributed by atoms with van der Waals surface area (Å²) in [6.07, 6.45) is 4.39. The van der Waals surface area contributed by atoms with Crippen molar-refractivity contribution in [3.05, 3.63) is 18.3 Å². The van der Waals surface area contributed by atoms with Gasteiger partial charge in [-0.2, -0.15) is 4.31 Å². The number of pyridine rings is 1. The van der Waals surface area contributed by atoms with Crippen LogP contribution >= 0.6 is 0 Å². The molecule has 1 aromatic rings. The summed E-state index contributed by atoms with van der Waals surface area (Å²) in [4.78, 5) is 4.40. The smallest absolute Gasteiger partial charge is 0.243 e. The minimum atomic E-state index is -3.50. The minimum absolute atomic E-state index is 0.00398. The van der Waals surface area contributed by atoms with Crippen LogP contribution in [0.2, 0.25) is 0 Å². The minimum Gasteiger partial charge on any atom is -0.377 e. The Morgan fingerprint density at radius 3 is 3.00 bits per heavy atom. The highest BCUT2D eigenvalue weighted by Gasteiger charge is 2.26. The number of likely N-dealkylation sites (N-methyl/N-ethyl adjacent to an activating group) is 1. The number of sulfonamides is 1. The second-order valence-electron chi connectivity index (χ2n) is 5.22. The standard InChI is InChI=1S/C14H23N3O3S/c1-3-7-15-14-10-13(6-8-16-14)21(18,19)17(2)11-12-5-4-9-20-12/h6,8,10,12H,3-5,7,9,11H2,1-2H3,(H,15,16). The third kappa shape index (κ3) is 4.15. The van der Waals surface area contributed by atoms with E-state index in [0.29, 0.717) is 12.4 Å². The van der Waals surface area contributed by atoms with Crippen molar-refractivity contribution in [2.75, 3.05) is 32.1 Å². The number of hydrogen-bond acceptors (Lipinski definition) is 5. The lowest BCUT2D eigenvalue weighted by Crippen LogP contribution is -2.34. The Morgan fingerprint density at radius 1 is 1.52 bits per heavy atom. The van der Waals surface area contributed by atoms with Crippen molar-refractivity contribution in [3.63, 3.8) is 0 Å². The van der Waals surface area contributed by atoms with Crippen molar-refractivity contribution >= 4 is 15.8 Å². The van der Waals surface area contributed by atoms with Crippen molar-refractivity contribution < 1.29 is 13.2 Å². The summed E-state index contributed by atoms with van der Waals surface area (Å²) in [5.41, 5.74) is 0. The van der Waals surface area contributed by atoms with E-state index in [-0.39, 0.29) is 11.0 Å². The summed E-state index contributed by atoms with van der Waals surface area (Å²) in [5, 5.41) is 3.10. The SMILES string of the molecule is CCCNc1cc(S(=O)(=O)N(C)CC2CCCO2)ccn1. The number of anilines is 1. The zero-order valence-electron chi connectivity index (χ0n) is 12.6. The van der Waals surface area contributed by atoms with Gasteiger partial charge in [0.05, 0.1) is 11.0 Å². The van der Waals surface area contributed by atoms with E-state index in [9.17, 15) is 8.42 Å². The molecule has 1 N–H and O–H groups in total. The largest absolute Gasteiger partial charge is 0.377 e. The van der Waals surface area contributed by atoms with Crippen LogP contribution in [0.3, 0.4) is 0 Å². The summed E-state index contributed by atoms with van der Waals surface area (Å²) < 4.78 is 32.0. The Labute approximate surface area is 126 Å². The lowest BCUT2D eigenvalue weighted by atomic mass is 10.2. The molecule has 21 heavy (non-hydrogen) atoms. The Hall–Kier alpha value is -1.18. The third-order valence-electron chi connectivity index (χ3n) is 3.48. The van der Waals surface area contributed by atoms with Gasteiger partial charge in [0.2, 0.25) is 10.0 Å². The number of ether oxygens (including phenoxy) is 1. The Kier molecular flexibility index (Phi) is 5.55. The second-order valence-corrected chi connectivity index (χ2v) is 7.27.